The smallest absolute Gasteiger partial charge is 0.394 e. The van der Waals surface area contributed by atoms with Crippen LogP contribution in [0.1, 0.15) is 49.7 Å². The third-order valence-corrected chi connectivity index (χ3v) is 4.50. The molecule has 4 N–H and O–H groups in total. The monoisotopic (exact) mass is 387 g/mol. The minimum atomic E-state index is -4.60. The van der Waals surface area contributed by atoms with E-state index in [0.717, 1.165) is 38.5 Å². The number of hydrogen-bond donors (Lipinski definition) is 4. The van der Waals surface area contributed by atoms with Gasteiger partial charge >= 0.3 is 7.82 Å². The Hall–Kier alpha value is -1.24. The normalized spacial score (nSPS) is 12.8. The van der Waals surface area contributed by atoms with Crippen LogP contribution in [0.4, 0.5) is 0 Å². The molecule has 7 nitrogen and oxygen atoms in total. The molecule has 1 amide bonds. The Balaban J connectivity index is 2.06. The molecule has 1 aromatic carbocycles. The molecule has 0 aromatic heterocycles. The number of benzene rings is 1. The van der Waals surface area contributed by atoms with Crippen molar-refractivity contribution in [3.63, 3.8) is 0 Å². The third kappa shape index (κ3) is 11.4. The molecule has 8 heteroatoms. The molecule has 148 valence electrons. The summed E-state index contributed by atoms with van der Waals surface area (Å²) in [5.74, 6) is -0.252. The number of hydrogen-bond acceptors (Lipinski definition) is 4. The quantitative estimate of drug-likeness (QED) is 0.305. The minimum absolute atomic E-state index is 0.252. The molecule has 0 aliphatic rings. The largest absolute Gasteiger partial charge is 0.469 e. The zero-order valence-corrected chi connectivity index (χ0v) is 16.2. The van der Waals surface area contributed by atoms with Crippen molar-refractivity contribution < 1.29 is 28.8 Å². The lowest BCUT2D eigenvalue weighted by atomic mass is 10.0. The molecule has 1 rings (SSSR count). The van der Waals surface area contributed by atoms with Crippen molar-refractivity contribution >= 4 is 13.7 Å². The minimum Gasteiger partial charge on any atom is -0.394 e. The van der Waals surface area contributed by atoms with Crippen LogP contribution in [0.5, 0.6) is 0 Å². The molecule has 1 aromatic rings. The number of amides is 1. The first-order chi connectivity index (χ1) is 12.3. The average Bonchev–Trinajstić information content (AvgIpc) is 2.58. The second-order valence-corrected chi connectivity index (χ2v) is 7.73. The van der Waals surface area contributed by atoms with Gasteiger partial charge in [0.1, 0.15) is 0 Å². The predicted octanol–water partition coefficient (Wildman–Crippen LogP) is 2.46. The maximum atomic E-state index is 11.8. The van der Waals surface area contributed by atoms with Gasteiger partial charge in [-0.2, -0.15) is 0 Å². The highest BCUT2D eigenvalue weighted by molar-refractivity contribution is 7.46. The van der Waals surface area contributed by atoms with Crippen molar-refractivity contribution in [2.75, 3.05) is 13.2 Å². The lowest BCUT2D eigenvalue weighted by Crippen LogP contribution is -2.40. The summed E-state index contributed by atoms with van der Waals surface area (Å²) < 4.78 is 14.9. The first-order valence-corrected chi connectivity index (χ1v) is 10.5. The number of aryl methyl sites for hydroxylation is 2. The lowest BCUT2D eigenvalue weighted by Gasteiger charge is -2.16. The Kier molecular flexibility index (Phi) is 10.7. The van der Waals surface area contributed by atoms with Gasteiger partial charge in [-0.1, -0.05) is 49.1 Å². The highest BCUT2D eigenvalue weighted by Crippen LogP contribution is 2.35. The summed E-state index contributed by atoms with van der Waals surface area (Å²) in [6.45, 7) is 1.21. The van der Waals surface area contributed by atoms with E-state index < -0.39 is 27.1 Å². The van der Waals surface area contributed by atoms with Crippen LogP contribution in [0.3, 0.4) is 0 Å². The fourth-order valence-corrected chi connectivity index (χ4v) is 2.90. The van der Waals surface area contributed by atoms with Crippen molar-refractivity contribution in [1.82, 2.24) is 5.32 Å². The standard InChI is InChI=1S/C18H30NO6P/c1-15-9-11-16(12-10-15)7-5-3-2-4-6-8-18(21)19-17(13-20)14-25-26(22,23)24/h9-12,17,20H,2-8,13-14H2,1H3,(H,19,21)(H2,22,23,24)/t17-/m1/s1. The molecule has 1 atom stereocenters. The highest BCUT2D eigenvalue weighted by atomic mass is 31.2. The van der Waals surface area contributed by atoms with Crippen molar-refractivity contribution in [2.45, 2.75) is 57.9 Å². The summed E-state index contributed by atoms with van der Waals surface area (Å²) >= 11 is 0. The highest BCUT2D eigenvalue weighted by Gasteiger charge is 2.19. The van der Waals surface area contributed by atoms with Gasteiger partial charge in [0.2, 0.25) is 5.91 Å². The summed E-state index contributed by atoms with van der Waals surface area (Å²) in [5, 5.41) is 11.6. The van der Waals surface area contributed by atoms with E-state index in [1.165, 1.54) is 11.1 Å². The molecule has 0 saturated heterocycles. The second kappa shape index (κ2) is 12.2. The molecule has 0 aliphatic heterocycles. The van der Waals surface area contributed by atoms with E-state index in [0.29, 0.717) is 6.42 Å². The summed E-state index contributed by atoms with van der Waals surface area (Å²) in [4.78, 5) is 29.0. The van der Waals surface area contributed by atoms with Gasteiger partial charge < -0.3 is 20.2 Å². The van der Waals surface area contributed by atoms with E-state index in [2.05, 4.69) is 41.0 Å². The predicted molar refractivity (Wildman–Crippen MR) is 99.6 cm³/mol. The summed E-state index contributed by atoms with van der Waals surface area (Å²) in [6, 6.07) is 7.75. The zero-order chi connectivity index (χ0) is 19.4. The number of carbonyl (C=O) groups excluding carboxylic acids is 1. The fraction of sp³-hybridized carbons (Fsp3) is 0.611. The van der Waals surface area contributed by atoms with E-state index in [1.807, 2.05) is 0 Å². The molecule has 0 heterocycles. The van der Waals surface area contributed by atoms with Gasteiger partial charge in [0.25, 0.3) is 0 Å². The SMILES string of the molecule is Cc1ccc(CCCCCCCC(=O)N[C@H](CO)COP(=O)(O)O)cc1. The molecule has 0 radical (unpaired) electrons. The molecular weight excluding hydrogens is 357 g/mol. The maximum Gasteiger partial charge on any atom is 0.469 e. The van der Waals surface area contributed by atoms with Crippen LogP contribution in [0.15, 0.2) is 24.3 Å². The average molecular weight is 387 g/mol. The van der Waals surface area contributed by atoms with Crippen molar-refractivity contribution in [1.29, 1.82) is 0 Å². The van der Waals surface area contributed by atoms with Crippen LogP contribution in [0.25, 0.3) is 0 Å². The third-order valence-electron chi connectivity index (χ3n) is 4.02. The maximum absolute atomic E-state index is 11.8. The Morgan fingerprint density at radius 1 is 1.12 bits per heavy atom. The van der Waals surface area contributed by atoms with Gasteiger partial charge in [-0.15, -0.1) is 0 Å². The molecule has 0 bridgehead atoms. The van der Waals surface area contributed by atoms with Gasteiger partial charge in [0, 0.05) is 6.42 Å². The van der Waals surface area contributed by atoms with Crippen LogP contribution in [0.2, 0.25) is 0 Å². The fourth-order valence-electron chi connectivity index (χ4n) is 2.53. The Morgan fingerprint density at radius 2 is 1.73 bits per heavy atom. The molecule has 0 saturated carbocycles. The number of aliphatic hydroxyl groups is 1. The number of nitrogens with one attached hydrogen (secondary N) is 1. The Labute approximate surface area is 155 Å². The van der Waals surface area contributed by atoms with Crippen LogP contribution in [-0.2, 0) is 20.3 Å². The molecule has 26 heavy (non-hydrogen) atoms. The van der Waals surface area contributed by atoms with Crippen molar-refractivity contribution in [3.05, 3.63) is 35.4 Å². The van der Waals surface area contributed by atoms with Gasteiger partial charge in [0.05, 0.1) is 19.3 Å². The molecule has 0 spiro atoms. The Morgan fingerprint density at radius 3 is 2.35 bits per heavy atom. The van der Waals surface area contributed by atoms with E-state index in [9.17, 15) is 9.36 Å². The second-order valence-electron chi connectivity index (χ2n) is 6.49. The number of phosphoric acid groups is 1. The number of carbonyl (C=O) groups is 1. The van der Waals surface area contributed by atoms with E-state index >= 15 is 0 Å². The van der Waals surface area contributed by atoms with Gasteiger partial charge in [-0.25, -0.2) is 4.57 Å². The molecule has 0 aliphatic carbocycles. The van der Waals surface area contributed by atoms with E-state index in [4.69, 9.17) is 14.9 Å². The van der Waals surface area contributed by atoms with Crippen LogP contribution in [-0.4, -0.2) is 40.1 Å². The molecule has 0 unspecified atom stereocenters. The van der Waals surface area contributed by atoms with Gasteiger partial charge in [-0.3, -0.25) is 9.32 Å². The van der Waals surface area contributed by atoms with Gasteiger partial charge in [0.15, 0.2) is 0 Å². The van der Waals surface area contributed by atoms with E-state index in [-0.39, 0.29) is 5.91 Å². The topological polar surface area (TPSA) is 116 Å². The van der Waals surface area contributed by atoms with Crippen LogP contribution >= 0.6 is 7.82 Å². The van der Waals surface area contributed by atoms with Gasteiger partial charge in [-0.05, 0) is 31.7 Å². The first kappa shape index (κ1) is 22.8. The summed E-state index contributed by atoms with van der Waals surface area (Å²) in [6.07, 6.45) is 6.39. The zero-order valence-electron chi connectivity index (χ0n) is 15.3. The van der Waals surface area contributed by atoms with Crippen molar-refractivity contribution in [3.8, 4) is 0 Å². The van der Waals surface area contributed by atoms with Crippen LogP contribution < -0.4 is 5.32 Å². The first-order valence-electron chi connectivity index (χ1n) is 8.96. The molecule has 0 fully saturated rings. The molecular formula is C18H30NO6P. The summed E-state index contributed by atoms with van der Waals surface area (Å²) in [7, 11) is -4.60. The number of unbranched alkanes of at least 4 members (excludes halogenated alkanes) is 4. The number of aliphatic hydroxyl groups excluding tert-OH is 1. The van der Waals surface area contributed by atoms with E-state index in [1.54, 1.807) is 0 Å². The van der Waals surface area contributed by atoms with Crippen molar-refractivity contribution in [2.24, 2.45) is 0 Å². The number of phosphoric ester groups is 1. The summed E-state index contributed by atoms with van der Waals surface area (Å²) in [5.41, 5.74) is 2.62. The van der Waals surface area contributed by atoms with Crippen LogP contribution in [0, 0.1) is 6.92 Å². The lowest BCUT2D eigenvalue weighted by molar-refractivity contribution is -0.122. The number of rotatable bonds is 13. The Bertz CT molecular complexity index is 572.